The van der Waals surface area contributed by atoms with Crippen molar-refractivity contribution in [1.82, 2.24) is 5.32 Å². The third-order valence-corrected chi connectivity index (χ3v) is 11.4. The molecule has 0 saturated carbocycles. The van der Waals surface area contributed by atoms with Gasteiger partial charge in [-0.1, -0.05) is 191 Å². The van der Waals surface area contributed by atoms with Crippen molar-refractivity contribution < 1.29 is 39.8 Å². The van der Waals surface area contributed by atoms with E-state index in [0.717, 1.165) is 64.2 Å². The Hall–Kier alpha value is -1.85. The fraction of sp³-hybridized carbons (Fsp3) is 0.820. The Balaban J connectivity index is 2.36. The molecule has 1 heterocycles. The number of hydrogen-bond acceptors (Lipinski definition) is 8. The quantitative estimate of drug-likeness (QED) is 0.0203. The van der Waals surface area contributed by atoms with Gasteiger partial charge in [-0.15, -0.1) is 0 Å². The van der Waals surface area contributed by atoms with E-state index in [4.69, 9.17) is 9.47 Å². The zero-order chi connectivity index (χ0) is 43.0. The molecular formula is C50H91NO8. The lowest BCUT2D eigenvalue weighted by Crippen LogP contribution is -2.60. The van der Waals surface area contributed by atoms with Crippen molar-refractivity contribution in [2.75, 3.05) is 13.2 Å². The third kappa shape index (κ3) is 30.8. The van der Waals surface area contributed by atoms with Gasteiger partial charge in [-0.05, 0) is 57.8 Å². The van der Waals surface area contributed by atoms with Crippen LogP contribution in [-0.2, 0) is 14.3 Å². The molecule has 344 valence electrons. The van der Waals surface area contributed by atoms with Gasteiger partial charge < -0.3 is 40.3 Å². The number of unbranched alkanes of at least 4 members (excludes halogenated alkanes) is 25. The lowest BCUT2D eigenvalue weighted by atomic mass is 9.99. The zero-order valence-electron chi connectivity index (χ0n) is 37.7. The van der Waals surface area contributed by atoms with Gasteiger partial charge >= 0.3 is 0 Å². The average molecular weight is 834 g/mol. The average Bonchev–Trinajstić information content (AvgIpc) is 3.23. The first-order chi connectivity index (χ1) is 28.8. The van der Waals surface area contributed by atoms with Crippen LogP contribution in [0, 0.1) is 0 Å². The van der Waals surface area contributed by atoms with Crippen molar-refractivity contribution >= 4 is 5.91 Å². The normalized spacial score (nSPS) is 21.1. The molecule has 7 atom stereocenters. The fourth-order valence-corrected chi connectivity index (χ4v) is 7.46. The molecule has 0 aromatic rings. The predicted molar refractivity (Wildman–Crippen MR) is 244 cm³/mol. The van der Waals surface area contributed by atoms with Gasteiger partial charge in [0, 0.05) is 6.42 Å². The Morgan fingerprint density at radius 2 is 1.02 bits per heavy atom. The first kappa shape index (κ1) is 55.2. The number of aliphatic hydroxyl groups excluding tert-OH is 5. The highest BCUT2D eigenvalue weighted by Gasteiger charge is 2.44. The number of carbonyl (C=O) groups excluding carboxylic acids is 1. The van der Waals surface area contributed by atoms with Crippen LogP contribution >= 0.6 is 0 Å². The molecular weight excluding hydrogens is 743 g/mol. The molecule has 1 fully saturated rings. The summed E-state index contributed by atoms with van der Waals surface area (Å²) in [5, 5.41) is 54.2. The summed E-state index contributed by atoms with van der Waals surface area (Å²) in [5.41, 5.74) is 0. The number of ether oxygens (including phenoxy) is 2. The van der Waals surface area contributed by atoms with E-state index < -0.39 is 49.5 Å². The van der Waals surface area contributed by atoms with Gasteiger partial charge in [-0.25, -0.2) is 0 Å². The predicted octanol–water partition coefficient (Wildman–Crippen LogP) is 10.6. The Bertz CT molecular complexity index is 1060. The highest BCUT2D eigenvalue weighted by molar-refractivity contribution is 5.76. The molecule has 9 nitrogen and oxygen atoms in total. The number of rotatable bonds is 40. The molecule has 1 rings (SSSR count). The number of carbonyl (C=O) groups is 1. The smallest absolute Gasteiger partial charge is 0.220 e. The molecule has 0 aromatic heterocycles. The molecule has 0 aliphatic carbocycles. The standard InChI is InChI=1S/C50H91NO8/c1-3-5-7-9-11-13-15-17-19-20-21-22-23-24-26-27-29-31-33-35-37-39-44(53)43(42-58-50-49(57)48(56)47(55)45(41-52)59-50)51-46(54)40-38-36-34-32-30-28-25-18-16-14-12-10-8-6-4-2/h12,14,16,18,29,31,37,39,43-45,47-50,52-53,55-57H,3-11,13,15,17,19-28,30,32-36,38,40-42H2,1-2H3,(H,51,54)/b14-12-,18-16-,31-29+,39-37+. The third-order valence-electron chi connectivity index (χ3n) is 11.4. The van der Waals surface area contributed by atoms with Crippen LogP contribution in [0.1, 0.15) is 206 Å². The molecule has 0 spiro atoms. The van der Waals surface area contributed by atoms with Gasteiger partial charge in [0.25, 0.3) is 0 Å². The van der Waals surface area contributed by atoms with E-state index in [9.17, 15) is 30.3 Å². The van der Waals surface area contributed by atoms with Crippen molar-refractivity contribution in [3.63, 3.8) is 0 Å². The summed E-state index contributed by atoms with van der Waals surface area (Å²) in [6.07, 6.45) is 44.4. The van der Waals surface area contributed by atoms with E-state index >= 15 is 0 Å². The summed E-state index contributed by atoms with van der Waals surface area (Å²) < 4.78 is 11.2. The van der Waals surface area contributed by atoms with E-state index in [1.54, 1.807) is 6.08 Å². The molecule has 1 aliphatic rings. The van der Waals surface area contributed by atoms with E-state index in [2.05, 4.69) is 55.6 Å². The summed E-state index contributed by atoms with van der Waals surface area (Å²) >= 11 is 0. The molecule has 7 unspecified atom stereocenters. The van der Waals surface area contributed by atoms with Crippen molar-refractivity contribution in [2.45, 2.75) is 249 Å². The van der Waals surface area contributed by atoms with E-state index in [-0.39, 0.29) is 12.5 Å². The van der Waals surface area contributed by atoms with Crippen LogP contribution < -0.4 is 5.32 Å². The van der Waals surface area contributed by atoms with Crippen LogP contribution in [0.2, 0.25) is 0 Å². The lowest BCUT2D eigenvalue weighted by Gasteiger charge is -2.40. The summed E-state index contributed by atoms with van der Waals surface area (Å²) in [6.45, 7) is 3.72. The maximum atomic E-state index is 13.0. The number of amides is 1. The van der Waals surface area contributed by atoms with Crippen LogP contribution in [-0.4, -0.2) is 87.5 Å². The molecule has 0 aromatic carbocycles. The Labute approximate surface area is 361 Å². The summed E-state index contributed by atoms with van der Waals surface area (Å²) in [7, 11) is 0. The zero-order valence-corrected chi connectivity index (χ0v) is 37.7. The minimum Gasteiger partial charge on any atom is -0.394 e. The second-order valence-electron chi connectivity index (χ2n) is 16.9. The van der Waals surface area contributed by atoms with Crippen molar-refractivity contribution in [2.24, 2.45) is 0 Å². The van der Waals surface area contributed by atoms with Gasteiger partial charge in [0.2, 0.25) is 5.91 Å². The van der Waals surface area contributed by atoms with E-state index in [0.29, 0.717) is 6.42 Å². The lowest BCUT2D eigenvalue weighted by molar-refractivity contribution is -0.302. The van der Waals surface area contributed by atoms with Crippen LogP contribution in [0.5, 0.6) is 0 Å². The number of aliphatic hydroxyl groups is 5. The van der Waals surface area contributed by atoms with Crippen molar-refractivity contribution in [3.8, 4) is 0 Å². The van der Waals surface area contributed by atoms with Crippen LogP contribution in [0.3, 0.4) is 0 Å². The Kier molecular flexibility index (Phi) is 37.6. The van der Waals surface area contributed by atoms with Gasteiger partial charge in [0.05, 0.1) is 25.4 Å². The molecule has 1 saturated heterocycles. The molecule has 1 amide bonds. The van der Waals surface area contributed by atoms with Crippen LogP contribution in [0.15, 0.2) is 48.6 Å². The molecule has 9 heteroatoms. The Morgan fingerprint density at radius 3 is 1.56 bits per heavy atom. The first-order valence-electron chi connectivity index (χ1n) is 24.4. The minimum absolute atomic E-state index is 0.200. The van der Waals surface area contributed by atoms with E-state index in [1.807, 2.05) is 6.08 Å². The largest absolute Gasteiger partial charge is 0.394 e. The highest BCUT2D eigenvalue weighted by Crippen LogP contribution is 2.22. The van der Waals surface area contributed by atoms with Crippen LogP contribution in [0.25, 0.3) is 0 Å². The number of nitrogens with one attached hydrogen (secondary N) is 1. The highest BCUT2D eigenvalue weighted by atomic mass is 16.7. The number of allylic oxidation sites excluding steroid dienone is 7. The van der Waals surface area contributed by atoms with Gasteiger partial charge in [-0.2, -0.15) is 0 Å². The second-order valence-corrected chi connectivity index (χ2v) is 16.9. The molecule has 6 N–H and O–H groups in total. The maximum absolute atomic E-state index is 13.0. The van der Waals surface area contributed by atoms with Crippen molar-refractivity contribution in [3.05, 3.63) is 48.6 Å². The van der Waals surface area contributed by atoms with Gasteiger partial charge in [0.15, 0.2) is 6.29 Å². The van der Waals surface area contributed by atoms with Crippen LogP contribution in [0.4, 0.5) is 0 Å². The molecule has 59 heavy (non-hydrogen) atoms. The van der Waals surface area contributed by atoms with E-state index in [1.165, 1.54) is 122 Å². The molecule has 1 aliphatic heterocycles. The maximum Gasteiger partial charge on any atom is 0.220 e. The van der Waals surface area contributed by atoms with Crippen molar-refractivity contribution in [1.29, 1.82) is 0 Å². The Morgan fingerprint density at radius 1 is 0.576 bits per heavy atom. The summed E-state index contributed by atoms with van der Waals surface area (Å²) in [4.78, 5) is 13.0. The molecule has 0 bridgehead atoms. The second kappa shape index (κ2) is 40.2. The van der Waals surface area contributed by atoms with Gasteiger partial charge in [-0.3, -0.25) is 4.79 Å². The monoisotopic (exact) mass is 834 g/mol. The summed E-state index contributed by atoms with van der Waals surface area (Å²) in [5.74, 6) is -0.200. The van der Waals surface area contributed by atoms with Gasteiger partial charge in [0.1, 0.15) is 24.4 Å². The number of hydrogen-bond donors (Lipinski definition) is 6. The summed E-state index contributed by atoms with van der Waals surface area (Å²) in [6, 6.07) is -0.828. The fourth-order valence-electron chi connectivity index (χ4n) is 7.46. The topological polar surface area (TPSA) is 149 Å². The first-order valence-corrected chi connectivity index (χ1v) is 24.4. The minimum atomic E-state index is -1.57. The SMILES string of the molecule is CCCCC/C=C\C=C/CCCCCCCCC(=O)NC(COC1OC(CO)C(O)C(O)C1O)C(O)/C=C/CC/C=C/CCCCCCCCCCCCCCCCC. The molecule has 0 radical (unpaired) electrons.